The van der Waals surface area contributed by atoms with E-state index in [4.69, 9.17) is 25.8 Å². The molecule has 0 radical (unpaired) electrons. The minimum Gasteiger partial charge on any atom is -0.379 e. The molecule has 0 spiro atoms. The highest BCUT2D eigenvalue weighted by atomic mass is 35.5. The van der Waals surface area contributed by atoms with Crippen LogP contribution in [0.25, 0.3) is 0 Å². The van der Waals surface area contributed by atoms with E-state index in [0.717, 1.165) is 31.6 Å². The van der Waals surface area contributed by atoms with Crippen molar-refractivity contribution >= 4 is 11.6 Å². The number of hydrogen-bond acceptors (Lipinski definition) is 4. The average Bonchev–Trinajstić information content (AvgIpc) is 2.93. The van der Waals surface area contributed by atoms with E-state index in [1.54, 1.807) is 6.20 Å². The van der Waals surface area contributed by atoms with Crippen molar-refractivity contribution in [3.05, 3.63) is 18.0 Å². The van der Waals surface area contributed by atoms with Crippen LogP contribution in [-0.2, 0) is 26.6 Å². The Bertz CT molecular complexity index is 334. The highest BCUT2D eigenvalue weighted by Crippen LogP contribution is 2.01. The molecule has 0 aromatic carbocycles. The lowest BCUT2D eigenvalue weighted by Gasteiger charge is -2.06. The van der Waals surface area contributed by atoms with Crippen LogP contribution in [0.3, 0.4) is 0 Å². The maximum atomic E-state index is 5.70. The number of aromatic nitrogens is 2. The zero-order valence-corrected chi connectivity index (χ0v) is 13.0. The minimum atomic E-state index is 0.495. The normalized spacial score (nSPS) is 11.1. The quantitative estimate of drug-likeness (QED) is 0.415. The monoisotopic (exact) mass is 304 g/mol. The van der Waals surface area contributed by atoms with Gasteiger partial charge in [0.15, 0.2) is 0 Å². The summed E-state index contributed by atoms with van der Waals surface area (Å²) in [5.41, 5.74) is 1.03. The van der Waals surface area contributed by atoms with Crippen LogP contribution >= 0.6 is 11.6 Å². The van der Waals surface area contributed by atoms with Gasteiger partial charge in [0, 0.05) is 18.4 Å². The molecular weight excluding hydrogens is 280 g/mol. The highest BCUT2D eigenvalue weighted by Gasteiger charge is 1.97. The van der Waals surface area contributed by atoms with Gasteiger partial charge in [0.25, 0.3) is 0 Å². The lowest BCUT2D eigenvalue weighted by Crippen LogP contribution is -2.12. The third kappa shape index (κ3) is 8.53. The van der Waals surface area contributed by atoms with Gasteiger partial charge in [0.05, 0.1) is 51.7 Å². The number of hydrogen-bond donors (Lipinski definition) is 0. The topological polar surface area (TPSA) is 45.5 Å². The molecule has 0 N–H and O–H groups in total. The van der Waals surface area contributed by atoms with Crippen molar-refractivity contribution in [2.75, 3.05) is 39.6 Å². The molecule has 0 aliphatic carbocycles. The molecule has 20 heavy (non-hydrogen) atoms. The SMILES string of the molecule is CCCCOCCOCCOCCn1cc(CCl)cn1. The number of halogens is 1. The molecule has 1 aromatic rings. The maximum absolute atomic E-state index is 5.70. The summed E-state index contributed by atoms with van der Waals surface area (Å²) in [4.78, 5) is 0. The maximum Gasteiger partial charge on any atom is 0.0701 e. The van der Waals surface area contributed by atoms with Crippen LogP contribution in [-0.4, -0.2) is 49.4 Å². The Labute approximate surface area is 126 Å². The molecule has 0 saturated carbocycles. The number of alkyl halides is 1. The zero-order chi connectivity index (χ0) is 14.5. The van der Waals surface area contributed by atoms with Gasteiger partial charge >= 0.3 is 0 Å². The van der Waals surface area contributed by atoms with Gasteiger partial charge < -0.3 is 14.2 Å². The fourth-order valence-electron chi connectivity index (χ4n) is 1.54. The summed E-state index contributed by atoms with van der Waals surface area (Å²) < 4.78 is 18.1. The summed E-state index contributed by atoms with van der Waals surface area (Å²) in [6.07, 6.45) is 5.98. The van der Waals surface area contributed by atoms with Gasteiger partial charge in [-0.2, -0.15) is 5.10 Å². The van der Waals surface area contributed by atoms with Gasteiger partial charge in [-0.3, -0.25) is 4.68 Å². The van der Waals surface area contributed by atoms with Gasteiger partial charge in [-0.1, -0.05) is 13.3 Å². The van der Waals surface area contributed by atoms with E-state index in [9.17, 15) is 0 Å². The van der Waals surface area contributed by atoms with Crippen molar-refractivity contribution in [2.24, 2.45) is 0 Å². The van der Waals surface area contributed by atoms with Crippen LogP contribution in [0.4, 0.5) is 0 Å². The van der Waals surface area contributed by atoms with Crippen LogP contribution < -0.4 is 0 Å². The Morgan fingerprint density at radius 1 is 1.05 bits per heavy atom. The summed E-state index contributed by atoms with van der Waals surface area (Å²) in [6.45, 7) is 6.82. The summed E-state index contributed by atoms with van der Waals surface area (Å²) in [5, 5.41) is 4.17. The van der Waals surface area contributed by atoms with Gasteiger partial charge in [0.2, 0.25) is 0 Å². The third-order valence-electron chi connectivity index (χ3n) is 2.69. The van der Waals surface area contributed by atoms with Crippen LogP contribution in [0, 0.1) is 0 Å². The second-order valence-electron chi connectivity index (χ2n) is 4.44. The van der Waals surface area contributed by atoms with Crippen LogP contribution in [0.15, 0.2) is 12.4 Å². The summed E-state index contributed by atoms with van der Waals surface area (Å²) in [6, 6.07) is 0. The predicted molar refractivity (Wildman–Crippen MR) is 79.1 cm³/mol. The fourth-order valence-corrected chi connectivity index (χ4v) is 1.68. The lowest BCUT2D eigenvalue weighted by molar-refractivity contribution is 0.0123. The minimum absolute atomic E-state index is 0.495. The Kier molecular flexibility index (Phi) is 10.6. The molecule has 0 unspecified atom stereocenters. The van der Waals surface area contributed by atoms with E-state index in [-0.39, 0.29) is 0 Å². The van der Waals surface area contributed by atoms with Crippen molar-refractivity contribution in [3.63, 3.8) is 0 Å². The molecule has 0 fully saturated rings. The number of rotatable bonds is 13. The van der Waals surface area contributed by atoms with Crippen LogP contribution in [0.5, 0.6) is 0 Å². The number of unbranched alkanes of at least 4 members (excludes halogenated alkanes) is 1. The van der Waals surface area contributed by atoms with Crippen molar-refractivity contribution in [2.45, 2.75) is 32.2 Å². The third-order valence-corrected chi connectivity index (χ3v) is 3.00. The van der Waals surface area contributed by atoms with Gasteiger partial charge in [-0.25, -0.2) is 0 Å². The molecule has 1 rings (SSSR count). The van der Waals surface area contributed by atoms with E-state index in [2.05, 4.69) is 12.0 Å². The second kappa shape index (κ2) is 12.1. The van der Waals surface area contributed by atoms with E-state index in [1.807, 2.05) is 10.9 Å². The fraction of sp³-hybridized carbons (Fsp3) is 0.786. The molecule has 0 atom stereocenters. The Balaban J connectivity index is 1.83. The van der Waals surface area contributed by atoms with Crippen LogP contribution in [0.1, 0.15) is 25.3 Å². The lowest BCUT2D eigenvalue weighted by atomic mass is 10.4. The van der Waals surface area contributed by atoms with E-state index >= 15 is 0 Å². The van der Waals surface area contributed by atoms with Crippen molar-refractivity contribution < 1.29 is 14.2 Å². The molecule has 6 heteroatoms. The average molecular weight is 305 g/mol. The van der Waals surface area contributed by atoms with Crippen molar-refractivity contribution in [1.29, 1.82) is 0 Å². The molecule has 0 aliphatic heterocycles. The molecule has 0 bridgehead atoms. The first-order valence-corrected chi connectivity index (χ1v) is 7.70. The largest absolute Gasteiger partial charge is 0.379 e. The first-order chi connectivity index (χ1) is 9.86. The van der Waals surface area contributed by atoms with E-state index in [1.165, 1.54) is 0 Å². The van der Waals surface area contributed by atoms with Crippen LogP contribution in [0.2, 0.25) is 0 Å². The Morgan fingerprint density at radius 2 is 1.70 bits per heavy atom. The second-order valence-corrected chi connectivity index (χ2v) is 4.70. The summed E-state index contributed by atoms with van der Waals surface area (Å²) in [5.74, 6) is 0.495. The molecule has 1 aromatic heterocycles. The Morgan fingerprint density at radius 3 is 2.30 bits per heavy atom. The summed E-state index contributed by atoms with van der Waals surface area (Å²) >= 11 is 5.70. The molecule has 5 nitrogen and oxygen atoms in total. The molecule has 0 saturated heterocycles. The van der Waals surface area contributed by atoms with Gasteiger partial charge in [-0.05, 0) is 6.42 Å². The number of nitrogens with zero attached hydrogens (tertiary/aromatic N) is 2. The standard InChI is InChI=1S/C14H25ClN2O3/c1-2-3-5-18-7-9-20-10-8-19-6-4-17-13-14(11-15)12-16-17/h12-13H,2-11H2,1H3. The molecule has 116 valence electrons. The number of ether oxygens (including phenoxy) is 3. The highest BCUT2D eigenvalue weighted by molar-refractivity contribution is 6.17. The van der Waals surface area contributed by atoms with Crippen molar-refractivity contribution in [1.82, 2.24) is 9.78 Å². The van der Waals surface area contributed by atoms with Gasteiger partial charge in [0.1, 0.15) is 0 Å². The van der Waals surface area contributed by atoms with E-state index < -0.39 is 0 Å². The molecule has 1 heterocycles. The van der Waals surface area contributed by atoms with E-state index in [0.29, 0.717) is 38.9 Å². The molecule has 0 aliphatic rings. The predicted octanol–water partition coefficient (Wildman–Crippen LogP) is 2.47. The van der Waals surface area contributed by atoms with Crippen molar-refractivity contribution in [3.8, 4) is 0 Å². The molecular formula is C14H25ClN2O3. The first kappa shape index (κ1) is 17.4. The first-order valence-electron chi connectivity index (χ1n) is 7.17. The van der Waals surface area contributed by atoms with Gasteiger partial charge in [-0.15, -0.1) is 11.6 Å². The molecule has 0 amide bonds. The smallest absolute Gasteiger partial charge is 0.0701 e. The zero-order valence-electron chi connectivity index (χ0n) is 12.2. The summed E-state index contributed by atoms with van der Waals surface area (Å²) in [7, 11) is 0. The Hall–Kier alpha value is -0.620.